The summed E-state index contributed by atoms with van der Waals surface area (Å²) in [5, 5.41) is 0. The van der Waals surface area contributed by atoms with Crippen LogP contribution in [0.3, 0.4) is 0 Å². The van der Waals surface area contributed by atoms with E-state index in [1.807, 2.05) is 12.1 Å². The molecule has 2 aliphatic heterocycles. The van der Waals surface area contributed by atoms with E-state index in [2.05, 4.69) is 19.8 Å². The van der Waals surface area contributed by atoms with Crippen LogP contribution < -0.4 is 0 Å². The van der Waals surface area contributed by atoms with Gasteiger partial charge in [-0.05, 0) is 66.4 Å². The number of aromatic nitrogens is 2. The molecule has 0 spiro atoms. The second-order valence-electron chi connectivity index (χ2n) is 10.4. The second kappa shape index (κ2) is 12.5. The van der Waals surface area contributed by atoms with Crippen LogP contribution in [0.5, 0.6) is 0 Å². The molecule has 1 amide bonds. The minimum Gasteiger partial charge on any atom is -0.336 e. The molecule has 2 aliphatic rings. The van der Waals surface area contributed by atoms with E-state index in [4.69, 9.17) is 0 Å². The lowest BCUT2D eigenvalue weighted by Gasteiger charge is -2.34. The third-order valence-electron chi connectivity index (χ3n) is 7.64. The van der Waals surface area contributed by atoms with Crippen LogP contribution in [0.4, 0.5) is 8.78 Å². The second-order valence-corrected chi connectivity index (χ2v) is 10.4. The van der Waals surface area contributed by atoms with E-state index in [0.717, 1.165) is 30.8 Å². The Balaban J connectivity index is 1.08. The standard InChI is InChI=1S/C30H33F2N5O2/c31-26-4-1-22(2-5-26)19-35-13-15-37(16-14-35)30(39)25-3-6-28(34-18-25)29(38)17-24-9-12-36(21-27(24)32)20-23-7-10-33-11-8-23/h1-8,10-11,18,24,27H,9,12-17,19-21H2/t24-,27-/m0/s1. The number of piperidine rings is 1. The summed E-state index contributed by atoms with van der Waals surface area (Å²) in [5.41, 5.74) is 2.83. The molecular weight excluding hydrogens is 500 g/mol. The average molecular weight is 534 g/mol. The lowest BCUT2D eigenvalue weighted by molar-refractivity contribution is 0.0626. The Morgan fingerprint density at radius 3 is 2.21 bits per heavy atom. The highest BCUT2D eigenvalue weighted by Gasteiger charge is 2.31. The monoisotopic (exact) mass is 533 g/mol. The van der Waals surface area contributed by atoms with Crippen LogP contribution in [0.25, 0.3) is 0 Å². The van der Waals surface area contributed by atoms with Crippen LogP contribution >= 0.6 is 0 Å². The van der Waals surface area contributed by atoms with Crippen molar-refractivity contribution < 1.29 is 18.4 Å². The van der Waals surface area contributed by atoms with Gasteiger partial charge in [-0.1, -0.05) is 12.1 Å². The number of ketones is 1. The van der Waals surface area contributed by atoms with Crippen molar-refractivity contribution in [2.75, 3.05) is 39.3 Å². The quantitative estimate of drug-likeness (QED) is 0.408. The Morgan fingerprint density at radius 1 is 0.846 bits per heavy atom. The van der Waals surface area contributed by atoms with Crippen LogP contribution in [0.2, 0.25) is 0 Å². The van der Waals surface area contributed by atoms with Gasteiger partial charge in [0.25, 0.3) is 5.91 Å². The van der Waals surface area contributed by atoms with Crippen LogP contribution in [-0.2, 0) is 13.1 Å². The van der Waals surface area contributed by atoms with Crippen molar-refractivity contribution in [1.29, 1.82) is 0 Å². The number of hydrogen-bond donors (Lipinski definition) is 0. The zero-order chi connectivity index (χ0) is 27.2. The van der Waals surface area contributed by atoms with Gasteiger partial charge in [0.1, 0.15) is 17.7 Å². The minimum atomic E-state index is -1.08. The lowest BCUT2D eigenvalue weighted by atomic mass is 9.89. The number of Topliss-reactive ketones (excluding diaryl/α,β-unsaturated/α-hetero) is 1. The van der Waals surface area contributed by atoms with Gasteiger partial charge in [0.15, 0.2) is 5.78 Å². The Kier molecular flexibility index (Phi) is 8.68. The molecule has 2 fully saturated rings. The topological polar surface area (TPSA) is 69.6 Å². The first kappa shape index (κ1) is 27.0. The largest absolute Gasteiger partial charge is 0.336 e. The number of likely N-dealkylation sites (tertiary alicyclic amines) is 1. The number of benzene rings is 1. The molecule has 204 valence electrons. The summed E-state index contributed by atoms with van der Waals surface area (Å²) in [4.78, 5) is 40.2. The fourth-order valence-electron chi connectivity index (χ4n) is 5.30. The maximum atomic E-state index is 14.9. The lowest BCUT2D eigenvalue weighted by Crippen LogP contribution is -2.48. The summed E-state index contributed by atoms with van der Waals surface area (Å²) in [5.74, 6) is -0.896. The molecule has 5 rings (SSSR count). The number of pyridine rings is 2. The first-order valence-corrected chi connectivity index (χ1v) is 13.5. The highest BCUT2D eigenvalue weighted by Crippen LogP contribution is 2.26. The Morgan fingerprint density at radius 2 is 1.54 bits per heavy atom. The zero-order valence-corrected chi connectivity index (χ0v) is 21.9. The third-order valence-corrected chi connectivity index (χ3v) is 7.64. The Labute approximate surface area is 227 Å². The molecule has 2 aromatic heterocycles. The Bertz CT molecular complexity index is 1250. The number of nitrogens with zero attached hydrogens (tertiary/aromatic N) is 5. The van der Waals surface area contributed by atoms with Gasteiger partial charge in [-0.15, -0.1) is 0 Å². The molecule has 9 heteroatoms. The van der Waals surface area contributed by atoms with Crippen molar-refractivity contribution in [2.45, 2.75) is 32.1 Å². The number of halogens is 2. The van der Waals surface area contributed by atoms with Crippen molar-refractivity contribution >= 4 is 11.7 Å². The average Bonchev–Trinajstić information content (AvgIpc) is 2.96. The summed E-state index contributed by atoms with van der Waals surface area (Å²) in [7, 11) is 0. The number of rotatable bonds is 8. The fourth-order valence-corrected chi connectivity index (χ4v) is 5.30. The van der Waals surface area contributed by atoms with Gasteiger partial charge in [0.2, 0.25) is 0 Å². The van der Waals surface area contributed by atoms with Gasteiger partial charge in [-0.25, -0.2) is 8.78 Å². The van der Waals surface area contributed by atoms with E-state index in [1.165, 1.54) is 18.3 Å². The van der Waals surface area contributed by atoms with Crippen LogP contribution in [0, 0.1) is 11.7 Å². The smallest absolute Gasteiger partial charge is 0.255 e. The molecule has 1 aromatic carbocycles. The molecule has 7 nitrogen and oxygen atoms in total. The van der Waals surface area contributed by atoms with E-state index in [-0.39, 0.29) is 35.5 Å². The van der Waals surface area contributed by atoms with Crippen molar-refractivity contribution in [3.05, 3.63) is 95.3 Å². The van der Waals surface area contributed by atoms with Crippen molar-refractivity contribution in [1.82, 2.24) is 24.7 Å². The molecule has 0 N–H and O–H groups in total. The summed E-state index contributed by atoms with van der Waals surface area (Å²) >= 11 is 0. The van der Waals surface area contributed by atoms with Crippen LogP contribution in [0.1, 0.15) is 44.8 Å². The summed E-state index contributed by atoms with van der Waals surface area (Å²) in [6.45, 7) is 5.03. The molecule has 0 aliphatic carbocycles. The highest BCUT2D eigenvalue weighted by atomic mass is 19.1. The van der Waals surface area contributed by atoms with E-state index in [1.54, 1.807) is 41.6 Å². The minimum absolute atomic E-state index is 0.112. The van der Waals surface area contributed by atoms with Gasteiger partial charge in [-0.2, -0.15) is 0 Å². The SMILES string of the molecule is O=C(C[C@@H]1CCN(Cc2ccncc2)C[C@@H]1F)c1ccc(C(=O)N2CCN(Cc3ccc(F)cc3)CC2)cn1. The molecule has 4 heterocycles. The van der Waals surface area contributed by atoms with Crippen LogP contribution in [-0.4, -0.2) is 81.8 Å². The molecule has 3 aromatic rings. The molecule has 2 saturated heterocycles. The molecule has 2 atom stereocenters. The number of amides is 1. The number of hydrogen-bond acceptors (Lipinski definition) is 6. The number of carbonyl (C=O) groups is 2. The van der Waals surface area contributed by atoms with E-state index in [9.17, 15) is 18.4 Å². The maximum absolute atomic E-state index is 14.9. The van der Waals surface area contributed by atoms with Gasteiger partial charge >= 0.3 is 0 Å². The van der Waals surface area contributed by atoms with Gasteiger partial charge in [-0.3, -0.25) is 29.4 Å². The summed E-state index contributed by atoms with van der Waals surface area (Å²) in [6.07, 6.45) is 4.56. The molecular formula is C30H33F2N5O2. The van der Waals surface area contributed by atoms with E-state index in [0.29, 0.717) is 44.7 Å². The molecule has 39 heavy (non-hydrogen) atoms. The van der Waals surface area contributed by atoms with Gasteiger partial charge in [0, 0.05) is 70.8 Å². The fraction of sp³-hybridized carbons (Fsp3) is 0.400. The molecule has 0 unspecified atom stereocenters. The summed E-state index contributed by atoms with van der Waals surface area (Å²) in [6, 6.07) is 13.5. The number of piperazine rings is 1. The first-order valence-electron chi connectivity index (χ1n) is 13.5. The number of alkyl halides is 1. The van der Waals surface area contributed by atoms with Crippen molar-refractivity contribution in [3.63, 3.8) is 0 Å². The highest BCUT2D eigenvalue weighted by molar-refractivity contribution is 5.97. The van der Waals surface area contributed by atoms with Gasteiger partial charge < -0.3 is 4.90 Å². The first-order chi connectivity index (χ1) is 18.9. The predicted octanol–water partition coefficient (Wildman–Crippen LogP) is 4.01. The van der Waals surface area contributed by atoms with E-state index < -0.39 is 6.17 Å². The normalized spacial score (nSPS) is 20.6. The third kappa shape index (κ3) is 7.10. The predicted molar refractivity (Wildman–Crippen MR) is 143 cm³/mol. The summed E-state index contributed by atoms with van der Waals surface area (Å²) < 4.78 is 28.1. The van der Waals surface area contributed by atoms with Crippen LogP contribution in [0.15, 0.2) is 67.1 Å². The molecule has 0 radical (unpaired) electrons. The zero-order valence-electron chi connectivity index (χ0n) is 21.9. The van der Waals surface area contributed by atoms with Gasteiger partial charge in [0.05, 0.1) is 5.56 Å². The molecule has 0 bridgehead atoms. The molecule has 0 saturated carbocycles. The van der Waals surface area contributed by atoms with Crippen molar-refractivity contribution in [2.24, 2.45) is 5.92 Å². The van der Waals surface area contributed by atoms with Crippen molar-refractivity contribution in [3.8, 4) is 0 Å². The van der Waals surface area contributed by atoms with E-state index >= 15 is 0 Å². The Hall–Kier alpha value is -3.56. The maximum Gasteiger partial charge on any atom is 0.255 e. The number of carbonyl (C=O) groups excluding carboxylic acids is 2.